The Balaban J connectivity index is 1.91. The van der Waals surface area contributed by atoms with E-state index >= 15 is 0 Å². The van der Waals surface area contributed by atoms with Crippen molar-refractivity contribution in [2.75, 3.05) is 4.90 Å². The van der Waals surface area contributed by atoms with E-state index in [2.05, 4.69) is 5.32 Å². The number of nitrogens with zero attached hydrogens (tertiary/aromatic N) is 1. The molecule has 2 aromatic rings. The molecule has 1 N–H and O–H groups in total. The Morgan fingerprint density at radius 2 is 1.73 bits per heavy atom. The molecule has 2 amide bonds. The van der Waals surface area contributed by atoms with E-state index in [1.807, 2.05) is 39.8 Å². The molecule has 4 nitrogen and oxygen atoms in total. The lowest BCUT2D eigenvalue weighted by Gasteiger charge is -2.31. The van der Waals surface area contributed by atoms with Crippen molar-refractivity contribution < 1.29 is 22.8 Å². The number of carbonyl (C=O) groups is 2. The Hall–Kier alpha value is -2.74. The Bertz CT molecular complexity index is 1060. The molecule has 0 bridgehead atoms. The van der Waals surface area contributed by atoms with E-state index in [0.29, 0.717) is 11.3 Å². The Morgan fingerprint density at radius 3 is 2.36 bits per heavy atom. The molecule has 2 aromatic carbocycles. The molecule has 0 saturated heterocycles. The number of fused-ring (bicyclic) bond motifs is 1. The predicted octanol–water partition coefficient (Wildman–Crippen LogP) is 6.03. The van der Waals surface area contributed by atoms with Gasteiger partial charge in [-0.1, -0.05) is 63.7 Å². The van der Waals surface area contributed by atoms with Gasteiger partial charge >= 0.3 is 6.18 Å². The average Bonchev–Trinajstić information content (AvgIpc) is 2.74. The van der Waals surface area contributed by atoms with Crippen LogP contribution in [0.15, 0.2) is 64.4 Å². The molecule has 3 rings (SSSR count). The number of alkyl halides is 3. The van der Waals surface area contributed by atoms with Crippen LogP contribution in [-0.2, 0) is 22.3 Å². The van der Waals surface area contributed by atoms with E-state index in [9.17, 15) is 22.8 Å². The van der Waals surface area contributed by atoms with E-state index in [0.717, 1.165) is 17.0 Å². The van der Waals surface area contributed by atoms with Crippen molar-refractivity contribution in [2.24, 2.45) is 11.8 Å². The molecule has 8 heteroatoms. The molecule has 0 fully saturated rings. The summed E-state index contributed by atoms with van der Waals surface area (Å²) in [5, 5.41) is 2.97. The summed E-state index contributed by atoms with van der Waals surface area (Å²) in [5.41, 5.74) is 0.184. The molecule has 0 unspecified atom stereocenters. The molecule has 1 aliphatic heterocycles. The third-order valence-corrected chi connectivity index (χ3v) is 6.51. The highest BCUT2D eigenvalue weighted by molar-refractivity contribution is 8.04. The quantitative estimate of drug-likeness (QED) is 0.519. The van der Waals surface area contributed by atoms with Gasteiger partial charge in [-0.15, -0.1) is 0 Å². The van der Waals surface area contributed by atoms with Gasteiger partial charge in [0.1, 0.15) is 0 Å². The number of halogens is 3. The van der Waals surface area contributed by atoms with Gasteiger partial charge in [0.15, 0.2) is 0 Å². The third kappa shape index (κ3) is 5.99. The number of benzene rings is 2. The number of hydrogen-bond donors (Lipinski definition) is 1. The molecule has 0 spiro atoms. The standard InChI is InChI=1S/C25H27F3N2O2S/c1-15(2)23(16(3)4)29-22(31)13-21-24(32)30(19-10-5-6-11-20(19)33-21)14-17-8-7-9-18(12-17)25(26,27)28/h5-13,15-16,23H,14H2,1-4H3,(H,29,31)/b21-13+. The highest BCUT2D eigenvalue weighted by atomic mass is 32.2. The third-order valence-electron chi connectivity index (χ3n) is 5.43. The van der Waals surface area contributed by atoms with Crippen LogP contribution in [0.2, 0.25) is 0 Å². The van der Waals surface area contributed by atoms with Crippen LogP contribution in [0, 0.1) is 11.8 Å². The maximum absolute atomic E-state index is 13.3. The van der Waals surface area contributed by atoms with E-state index in [-0.39, 0.29) is 35.2 Å². The summed E-state index contributed by atoms with van der Waals surface area (Å²) in [4.78, 5) is 28.4. The first-order chi connectivity index (χ1) is 15.5. The van der Waals surface area contributed by atoms with Crippen LogP contribution < -0.4 is 10.2 Å². The van der Waals surface area contributed by atoms with Crippen LogP contribution in [0.3, 0.4) is 0 Å². The maximum Gasteiger partial charge on any atom is 0.416 e. The minimum absolute atomic E-state index is 0.0418. The van der Waals surface area contributed by atoms with E-state index in [1.54, 1.807) is 18.2 Å². The molecule has 1 aliphatic rings. The number of anilines is 1. The highest BCUT2D eigenvalue weighted by Gasteiger charge is 2.33. The molecule has 0 saturated carbocycles. The fourth-order valence-corrected chi connectivity index (χ4v) is 4.91. The largest absolute Gasteiger partial charge is 0.416 e. The van der Waals surface area contributed by atoms with Crippen LogP contribution >= 0.6 is 11.8 Å². The summed E-state index contributed by atoms with van der Waals surface area (Å²) in [5.74, 6) is -0.339. The summed E-state index contributed by atoms with van der Waals surface area (Å²) < 4.78 is 39.4. The summed E-state index contributed by atoms with van der Waals surface area (Å²) in [6.07, 6.45) is -3.18. The molecule has 33 heavy (non-hydrogen) atoms. The smallest absolute Gasteiger partial charge is 0.349 e. The zero-order valence-electron chi connectivity index (χ0n) is 18.9. The Kier molecular flexibility index (Phi) is 7.57. The number of nitrogens with one attached hydrogen (secondary N) is 1. The lowest BCUT2D eigenvalue weighted by molar-refractivity contribution is -0.137. The lowest BCUT2D eigenvalue weighted by Crippen LogP contribution is -2.42. The minimum Gasteiger partial charge on any atom is -0.349 e. The highest BCUT2D eigenvalue weighted by Crippen LogP contribution is 2.42. The van der Waals surface area contributed by atoms with Gasteiger partial charge in [-0.25, -0.2) is 0 Å². The van der Waals surface area contributed by atoms with E-state index in [1.165, 1.54) is 28.8 Å². The fraction of sp³-hybridized carbons (Fsp3) is 0.360. The second-order valence-electron chi connectivity index (χ2n) is 8.69. The first-order valence-corrected chi connectivity index (χ1v) is 11.6. The van der Waals surface area contributed by atoms with Crippen molar-refractivity contribution in [1.29, 1.82) is 0 Å². The van der Waals surface area contributed by atoms with E-state index in [4.69, 9.17) is 0 Å². The zero-order chi connectivity index (χ0) is 24.3. The second kappa shape index (κ2) is 10.0. The van der Waals surface area contributed by atoms with Crippen LogP contribution in [0.5, 0.6) is 0 Å². The molecular weight excluding hydrogens is 449 g/mol. The number of thioether (sulfide) groups is 1. The van der Waals surface area contributed by atoms with Crippen LogP contribution in [0.1, 0.15) is 38.8 Å². The second-order valence-corrected chi connectivity index (χ2v) is 9.77. The molecular formula is C25H27F3N2O2S. The molecule has 0 aromatic heterocycles. The normalized spacial score (nSPS) is 15.5. The average molecular weight is 477 g/mol. The van der Waals surface area contributed by atoms with Gasteiger partial charge in [0.05, 0.1) is 22.7 Å². The van der Waals surface area contributed by atoms with Crippen molar-refractivity contribution in [2.45, 2.75) is 51.4 Å². The Labute approximate surface area is 196 Å². The molecule has 0 aliphatic carbocycles. The molecule has 176 valence electrons. The van der Waals surface area contributed by atoms with Gasteiger partial charge in [0, 0.05) is 17.0 Å². The number of para-hydroxylation sites is 1. The van der Waals surface area contributed by atoms with Crippen LogP contribution in [0.25, 0.3) is 0 Å². The molecule has 0 radical (unpaired) electrons. The van der Waals surface area contributed by atoms with Gasteiger partial charge in [0.2, 0.25) is 5.91 Å². The minimum atomic E-state index is -4.47. The van der Waals surface area contributed by atoms with Gasteiger partial charge in [-0.05, 0) is 41.7 Å². The topological polar surface area (TPSA) is 49.4 Å². The van der Waals surface area contributed by atoms with Gasteiger partial charge < -0.3 is 10.2 Å². The SMILES string of the molecule is CC(C)C(NC(=O)/C=C1/Sc2ccccc2N(Cc2cccc(C(F)(F)F)c2)C1=O)C(C)C. The first kappa shape index (κ1) is 24.9. The van der Waals surface area contributed by atoms with Gasteiger partial charge in [-0.3, -0.25) is 9.59 Å². The molecule has 1 heterocycles. The monoisotopic (exact) mass is 476 g/mol. The van der Waals surface area contributed by atoms with Crippen molar-refractivity contribution in [3.8, 4) is 0 Å². The summed E-state index contributed by atoms with van der Waals surface area (Å²) in [6, 6.07) is 12.0. The maximum atomic E-state index is 13.3. The summed E-state index contributed by atoms with van der Waals surface area (Å²) >= 11 is 1.19. The van der Waals surface area contributed by atoms with Crippen LogP contribution in [-0.4, -0.2) is 17.9 Å². The van der Waals surface area contributed by atoms with Crippen molar-refractivity contribution in [3.63, 3.8) is 0 Å². The zero-order valence-corrected chi connectivity index (χ0v) is 19.8. The Morgan fingerprint density at radius 1 is 1.06 bits per heavy atom. The molecule has 0 atom stereocenters. The van der Waals surface area contributed by atoms with Crippen molar-refractivity contribution >= 4 is 29.3 Å². The predicted molar refractivity (Wildman–Crippen MR) is 125 cm³/mol. The van der Waals surface area contributed by atoms with Gasteiger partial charge in [-0.2, -0.15) is 13.2 Å². The summed E-state index contributed by atoms with van der Waals surface area (Å²) in [6.45, 7) is 8.04. The number of rotatable bonds is 6. The fourth-order valence-electron chi connectivity index (χ4n) is 3.88. The van der Waals surface area contributed by atoms with E-state index < -0.39 is 17.6 Å². The van der Waals surface area contributed by atoms with Gasteiger partial charge in [0.25, 0.3) is 5.91 Å². The first-order valence-electron chi connectivity index (χ1n) is 10.7. The number of carbonyl (C=O) groups excluding carboxylic acids is 2. The lowest BCUT2D eigenvalue weighted by atomic mass is 9.93. The number of amides is 2. The summed E-state index contributed by atoms with van der Waals surface area (Å²) in [7, 11) is 0. The van der Waals surface area contributed by atoms with Crippen molar-refractivity contribution in [3.05, 3.63) is 70.6 Å². The number of hydrogen-bond acceptors (Lipinski definition) is 3. The van der Waals surface area contributed by atoms with Crippen LogP contribution in [0.4, 0.5) is 18.9 Å². The van der Waals surface area contributed by atoms with Crippen molar-refractivity contribution in [1.82, 2.24) is 5.32 Å².